The van der Waals surface area contributed by atoms with E-state index in [2.05, 4.69) is 12.2 Å². The van der Waals surface area contributed by atoms with E-state index < -0.39 is 11.0 Å². The minimum atomic E-state index is -1.05. The average Bonchev–Trinajstić information content (AvgIpc) is 2.82. The molecule has 3 saturated carbocycles. The summed E-state index contributed by atoms with van der Waals surface area (Å²) >= 11 is 0. The third-order valence-corrected chi connectivity index (χ3v) is 8.06. The molecule has 0 heterocycles. The SMILES string of the molecule is CC(=O)NC1CC(C)(C(=O)C=CC(C)(C)O)C2CCC3(C)CC12CCC3OC(C)=O. The van der Waals surface area contributed by atoms with Gasteiger partial charge in [0.2, 0.25) is 5.91 Å². The van der Waals surface area contributed by atoms with Crippen LogP contribution in [-0.2, 0) is 19.1 Å². The Morgan fingerprint density at radius 2 is 1.80 bits per heavy atom. The van der Waals surface area contributed by atoms with Crippen molar-refractivity contribution in [2.45, 2.75) is 97.8 Å². The lowest BCUT2D eigenvalue weighted by molar-refractivity contribution is -0.173. The summed E-state index contributed by atoms with van der Waals surface area (Å²) in [6.07, 6.45) is 7.75. The molecule has 0 aromatic rings. The lowest BCUT2D eigenvalue weighted by Gasteiger charge is -2.58. The number of esters is 1. The molecule has 2 bridgehead atoms. The van der Waals surface area contributed by atoms with Crippen LogP contribution >= 0.6 is 0 Å². The minimum absolute atomic E-state index is 0.0209. The first-order chi connectivity index (χ1) is 13.7. The maximum absolute atomic E-state index is 13.4. The molecule has 6 heteroatoms. The van der Waals surface area contributed by atoms with Gasteiger partial charge in [0.25, 0.3) is 0 Å². The lowest BCUT2D eigenvalue weighted by atomic mass is 9.48. The summed E-state index contributed by atoms with van der Waals surface area (Å²) in [5, 5.41) is 13.2. The van der Waals surface area contributed by atoms with Crippen molar-refractivity contribution in [3.63, 3.8) is 0 Å². The summed E-state index contributed by atoms with van der Waals surface area (Å²) in [6, 6.07) is -0.0811. The first kappa shape index (κ1) is 23.0. The van der Waals surface area contributed by atoms with E-state index >= 15 is 0 Å². The molecular formula is C24H37NO5. The molecule has 6 nitrogen and oxygen atoms in total. The number of amides is 1. The standard InChI is InChI=1S/C24H37NO5/c1-15(26)25-18-13-23(6,19(28)8-10-21(3,4)29)17-7-11-22(5)14-24(17,18)12-9-20(22)30-16(2)27/h8,10,17-18,20,29H,7,9,11-14H2,1-6H3,(H,25,26). The maximum Gasteiger partial charge on any atom is 0.302 e. The summed E-state index contributed by atoms with van der Waals surface area (Å²) < 4.78 is 5.68. The summed E-state index contributed by atoms with van der Waals surface area (Å²) in [5.74, 6) is -0.160. The van der Waals surface area contributed by atoms with E-state index in [1.807, 2.05) is 6.92 Å². The van der Waals surface area contributed by atoms with Crippen LogP contribution in [0.3, 0.4) is 0 Å². The van der Waals surface area contributed by atoms with Crippen LogP contribution in [0, 0.1) is 22.2 Å². The van der Waals surface area contributed by atoms with Crippen LogP contribution in [0.5, 0.6) is 0 Å². The third-order valence-electron chi connectivity index (χ3n) is 8.06. The molecule has 3 rings (SSSR count). The van der Waals surface area contributed by atoms with E-state index in [-0.39, 0.29) is 46.6 Å². The predicted octanol–water partition coefficient (Wildman–Crippen LogP) is 3.32. The Hall–Kier alpha value is -1.69. The quantitative estimate of drug-likeness (QED) is 0.527. The van der Waals surface area contributed by atoms with E-state index in [1.54, 1.807) is 19.9 Å². The first-order valence-corrected chi connectivity index (χ1v) is 11.1. The molecule has 3 aliphatic carbocycles. The first-order valence-electron chi connectivity index (χ1n) is 11.1. The van der Waals surface area contributed by atoms with E-state index in [0.717, 1.165) is 32.1 Å². The second-order valence-electron chi connectivity index (χ2n) is 11.0. The molecular weight excluding hydrogens is 382 g/mol. The third kappa shape index (κ3) is 3.95. The monoisotopic (exact) mass is 419 g/mol. The molecule has 0 saturated heterocycles. The lowest BCUT2D eigenvalue weighted by Crippen LogP contribution is -2.58. The van der Waals surface area contributed by atoms with Gasteiger partial charge in [-0.25, -0.2) is 0 Å². The van der Waals surface area contributed by atoms with Crippen LogP contribution in [0.25, 0.3) is 0 Å². The number of ether oxygens (including phenoxy) is 1. The summed E-state index contributed by atoms with van der Waals surface area (Å²) in [5.41, 5.74) is -1.96. The van der Waals surface area contributed by atoms with E-state index in [9.17, 15) is 19.5 Å². The number of fused-ring (bicyclic) bond motifs is 1. The smallest absolute Gasteiger partial charge is 0.302 e. The highest BCUT2D eigenvalue weighted by molar-refractivity contribution is 5.95. The summed E-state index contributed by atoms with van der Waals surface area (Å²) in [4.78, 5) is 37.1. The predicted molar refractivity (Wildman–Crippen MR) is 113 cm³/mol. The van der Waals surface area contributed by atoms with Gasteiger partial charge in [0.05, 0.1) is 5.60 Å². The number of carbonyl (C=O) groups is 3. The van der Waals surface area contributed by atoms with Gasteiger partial charge in [0.15, 0.2) is 5.78 Å². The number of carbonyl (C=O) groups excluding carboxylic acids is 3. The Bertz CT molecular complexity index is 768. The number of nitrogens with one attached hydrogen (secondary N) is 1. The van der Waals surface area contributed by atoms with Gasteiger partial charge in [-0.15, -0.1) is 0 Å². The molecule has 2 N–H and O–H groups in total. The molecule has 168 valence electrons. The number of allylic oxidation sites excluding steroid dienone is 1. The van der Waals surface area contributed by atoms with Crippen molar-refractivity contribution in [2.24, 2.45) is 22.2 Å². The number of hydrogen-bond acceptors (Lipinski definition) is 5. The van der Waals surface area contributed by atoms with Gasteiger partial charge >= 0.3 is 5.97 Å². The van der Waals surface area contributed by atoms with Crippen LogP contribution < -0.4 is 5.32 Å². The Morgan fingerprint density at radius 1 is 1.13 bits per heavy atom. The number of hydrogen-bond donors (Lipinski definition) is 2. The van der Waals surface area contributed by atoms with Gasteiger partial charge in [0.1, 0.15) is 6.10 Å². The maximum atomic E-state index is 13.4. The fourth-order valence-electron chi connectivity index (χ4n) is 6.86. The number of aliphatic hydroxyl groups is 1. The number of rotatable bonds is 5. The molecule has 3 fully saturated rings. The molecule has 30 heavy (non-hydrogen) atoms. The molecule has 0 aromatic heterocycles. The molecule has 0 aromatic carbocycles. The topological polar surface area (TPSA) is 92.7 Å². The summed E-state index contributed by atoms with van der Waals surface area (Å²) in [7, 11) is 0. The van der Waals surface area contributed by atoms with Crippen molar-refractivity contribution < 1.29 is 24.2 Å². The van der Waals surface area contributed by atoms with Crippen molar-refractivity contribution in [2.75, 3.05) is 0 Å². The van der Waals surface area contributed by atoms with Crippen molar-refractivity contribution in [1.82, 2.24) is 5.32 Å². The molecule has 3 aliphatic rings. The summed E-state index contributed by atoms with van der Waals surface area (Å²) in [6.45, 7) is 10.5. The minimum Gasteiger partial charge on any atom is -0.462 e. The molecule has 6 atom stereocenters. The number of ketones is 1. The molecule has 6 unspecified atom stereocenters. The van der Waals surface area contributed by atoms with Crippen LogP contribution in [0.1, 0.15) is 80.1 Å². The molecule has 1 spiro atoms. The molecule has 0 radical (unpaired) electrons. The largest absolute Gasteiger partial charge is 0.462 e. The zero-order valence-electron chi connectivity index (χ0n) is 19.2. The highest BCUT2D eigenvalue weighted by atomic mass is 16.5. The normalized spacial score (nSPS) is 40.7. The van der Waals surface area contributed by atoms with Crippen LogP contribution in [0.2, 0.25) is 0 Å². The van der Waals surface area contributed by atoms with Crippen LogP contribution in [0.15, 0.2) is 12.2 Å². The van der Waals surface area contributed by atoms with Crippen LogP contribution in [0.4, 0.5) is 0 Å². The highest BCUT2D eigenvalue weighted by Crippen LogP contribution is 2.69. The zero-order chi connectivity index (χ0) is 22.5. The van der Waals surface area contributed by atoms with Gasteiger partial charge in [-0.3, -0.25) is 14.4 Å². The zero-order valence-corrected chi connectivity index (χ0v) is 19.2. The Labute approximate surface area is 179 Å². The Kier molecular flexibility index (Phi) is 5.72. The van der Waals surface area contributed by atoms with Gasteiger partial charge in [0, 0.05) is 30.7 Å². The van der Waals surface area contributed by atoms with E-state index in [1.165, 1.54) is 19.9 Å². The van der Waals surface area contributed by atoms with Crippen molar-refractivity contribution in [3.05, 3.63) is 12.2 Å². The molecule has 1 amide bonds. The Morgan fingerprint density at radius 3 is 2.37 bits per heavy atom. The second kappa shape index (κ2) is 7.47. The van der Waals surface area contributed by atoms with Crippen molar-refractivity contribution >= 4 is 17.7 Å². The van der Waals surface area contributed by atoms with E-state index in [0.29, 0.717) is 6.42 Å². The fourth-order valence-corrected chi connectivity index (χ4v) is 6.86. The highest BCUT2D eigenvalue weighted by Gasteiger charge is 2.68. The van der Waals surface area contributed by atoms with Crippen molar-refractivity contribution in [1.29, 1.82) is 0 Å². The average molecular weight is 420 g/mol. The Balaban J connectivity index is 1.97. The second-order valence-corrected chi connectivity index (χ2v) is 11.0. The van der Waals surface area contributed by atoms with Gasteiger partial charge in [-0.05, 0) is 69.8 Å². The van der Waals surface area contributed by atoms with Crippen molar-refractivity contribution in [3.8, 4) is 0 Å². The van der Waals surface area contributed by atoms with Crippen LogP contribution in [-0.4, -0.2) is 40.5 Å². The van der Waals surface area contributed by atoms with Gasteiger partial charge < -0.3 is 15.2 Å². The molecule has 0 aliphatic heterocycles. The van der Waals surface area contributed by atoms with Gasteiger partial charge in [-0.1, -0.05) is 19.9 Å². The van der Waals surface area contributed by atoms with E-state index in [4.69, 9.17) is 4.74 Å². The van der Waals surface area contributed by atoms with Gasteiger partial charge in [-0.2, -0.15) is 0 Å². The fraction of sp³-hybridized carbons (Fsp3) is 0.792.